The minimum absolute atomic E-state index is 0.145. The largest absolute Gasteiger partial charge is 0.508 e. The number of phenols is 1. The number of rotatable bonds is 3. The second kappa shape index (κ2) is 5.95. The third-order valence-electron chi connectivity index (χ3n) is 2.56. The van der Waals surface area contributed by atoms with Crippen molar-refractivity contribution in [1.29, 1.82) is 0 Å². The molecule has 0 atom stereocenters. The van der Waals surface area contributed by atoms with Gasteiger partial charge in [-0.2, -0.15) is 0 Å². The van der Waals surface area contributed by atoms with Crippen molar-refractivity contribution in [3.8, 4) is 5.75 Å². The molecule has 0 aliphatic rings. The highest BCUT2D eigenvalue weighted by atomic mass is 35.5. The molecule has 5 heteroatoms. The second-order valence-electron chi connectivity index (χ2n) is 3.97. The SMILES string of the molecule is O=C(NCc1ccccc1O)c1cc(Cl)cc(Cl)c1. The number of para-hydroxylation sites is 1. The van der Waals surface area contributed by atoms with E-state index in [1.165, 1.54) is 12.1 Å². The minimum Gasteiger partial charge on any atom is -0.508 e. The molecule has 0 aliphatic heterocycles. The number of carbonyl (C=O) groups is 1. The Bertz CT molecular complexity index is 594. The zero-order valence-electron chi connectivity index (χ0n) is 9.86. The van der Waals surface area contributed by atoms with Crippen LogP contribution < -0.4 is 5.32 Å². The van der Waals surface area contributed by atoms with Crippen molar-refractivity contribution in [1.82, 2.24) is 5.32 Å². The van der Waals surface area contributed by atoms with E-state index in [0.717, 1.165) is 0 Å². The first-order valence-electron chi connectivity index (χ1n) is 5.57. The van der Waals surface area contributed by atoms with E-state index in [2.05, 4.69) is 5.32 Å². The van der Waals surface area contributed by atoms with Crippen molar-refractivity contribution in [3.63, 3.8) is 0 Å². The van der Waals surface area contributed by atoms with Gasteiger partial charge in [0.25, 0.3) is 5.91 Å². The molecule has 0 saturated carbocycles. The molecule has 19 heavy (non-hydrogen) atoms. The number of hydrogen-bond acceptors (Lipinski definition) is 2. The highest BCUT2D eigenvalue weighted by Gasteiger charge is 2.08. The molecule has 0 aromatic heterocycles. The number of halogens is 2. The molecule has 0 heterocycles. The van der Waals surface area contributed by atoms with Crippen LogP contribution in [-0.4, -0.2) is 11.0 Å². The van der Waals surface area contributed by atoms with Gasteiger partial charge in [0.05, 0.1) is 0 Å². The summed E-state index contributed by atoms with van der Waals surface area (Å²) >= 11 is 11.7. The lowest BCUT2D eigenvalue weighted by molar-refractivity contribution is 0.0950. The molecular formula is C14H11Cl2NO2. The van der Waals surface area contributed by atoms with Crippen molar-refractivity contribution >= 4 is 29.1 Å². The zero-order chi connectivity index (χ0) is 13.8. The van der Waals surface area contributed by atoms with Gasteiger partial charge in [0, 0.05) is 27.7 Å². The first-order valence-corrected chi connectivity index (χ1v) is 6.33. The zero-order valence-corrected chi connectivity index (χ0v) is 11.4. The van der Waals surface area contributed by atoms with E-state index in [-0.39, 0.29) is 18.2 Å². The van der Waals surface area contributed by atoms with E-state index >= 15 is 0 Å². The van der Waals surface area contributed by atoms with Crippen LogP contribution in [0.5, 0.6) is 5.75 Å². The van der Waals surface area contributed by atoms with Crippen LogP contribution in [-0.2, 0) is 6.54 Å². The second-order valence-corrected chi connectivity index (χ2v) is 4.84. The summed E-state index contributed by atoms with van der Waals surface area (Å²) in [7, 11) is 0. The molecule has 0 fully saturated rings. The Balaban J connectivity index is 2.08. The first-order chi connectivity index (χ1) is 9.06. The fourth-order valence-electron chi connectivity index (χ4n) is 1.62. The average molecular weight is 296 g/mol. The Kier molecular flexibility index (Phi) is 4.30. The fraction of sp³-hybridized carbons (Fsp3) is 0.0714. The third kappa shape index (κ3) is 3.63. The van der Waals surface area contributed by atoms with Crippen molar-refractivity contribution in [3.05, 3.63) is 63.6 Å². The van der Waals surface area contributed by atoms with Crippen molar-refractivity contribution in [2.45, 2.75) is 6.54 Å². The van der Waals surface area contributed by atoms with E-state index in [0.29, 0.717) is 21.2 Å². The summed E-state index contributed by atoms with van der Waals surface area (Å²) in [6.07, 6.45) is 0. The number of phenolic OH excluding ortho intramolecular Hbond substituents is 1. The topological polar surface area (TPSA) is 49.3 Å². The lowest BCUT2D eigenvalue weighted by Gasteiger charge is -2.07. The average Bonchev–Trinajstić information content (AvgIpc) is 2.36. The summed E-state index contributed by atoms with van der Waals surface area (Å²) in [6.45, 7) is 0.232. The van der Waals surface area contributed by atoms with Gasteiger partial charge in [-0.3, -0.25) is 4.79 Å². The molecular weight excluding hydrogens is 285 g/mol. The maximum atomic E-state index is 11.9. The Morgan fingerprint density at radius 3 is 2.37 bits per heavy atom. The molecule has 3 nitrogen and oxygen atoms in total. The normalized spacial score (nSPS) is 10.2. The molecule has 0 radical (unpaired) electrons. The standard InChI is InChI=1S/C14H11Cl2NO2/c15-11-5-10(6-12(16)7-11)14(19)17-8-9-3-1-2-4-13(9)18/h1-7,18H,8H2,(H,17,19). The fourth-order valence-corrected chi connectivity index (χ4v) is 2.15. The highest BCUT2D eigenvalue weighted by molar-refractivity contribution is 6.35. The molecule has 98 valence electrons. The van der Waals surface area contributed by atoms with E-state index in [1.807, 2.05) is 0 Å². The predicted molar refractivity (Wildman–Crippen MR) is 75.7 cm³/mol. The summed E-state index contributed by atoms with van der Waals surface area (Å²) in [5, 5.41) is 13.1. The summed E-state index contributed by atoms with van der Waals surface area (Å²) in [5.41, 5.74) is 1.02. The molecule has 2 aromatic carbocycles. The van der Waals surface area contributed by atoms with Crippen LogP contribution in [0.25, 0.3) is 0 Å². The Hall–Kier alpha value is -1.71. The first kappa shape index (κ1) is 13.7. The van der Waals surface area contributed by atoms with E-state index in [4.69, 9.17) is 23.2 Å². The molecule has 2 rings (SSSR count). The number of aromatic hydroxyl groups is 1. The number of amides is 1. The smallest absolute Gasteiger partial charge is 0.251 e. The molecule has 2 N–H and O–H groups in total. The maximum Gasteiger partial charge on any atom is 0.251 e. The highest BCUT2D eigenvalue weighted by Crippen LogP contribution is 2.19. The van der Waals surface area contributed by atoms with Crippen LogP contribution in [0.4, 0.5) is 0 Å². The molecule has 0 aliphatic carbocycles. The molecule has 2 aromatic rings. The predicted octanol–water partition coefficient (Wildman–Crippen LogP) is 3.63. The van der Waals surface area contributed by atoms with Gasteiger partial charge in [0.15, 0.2) is 0 Å². The number of carbonyl (C=O) groups excluding carboxylic acids is 1. The Morgan fingerprint density at radius 2 is 1.74 bits per heavy atom. The quantitative estimate of drug-likeness (QED) is 0.908. The molecule has 0 unspecified atom stereocenters. The van der Waals surface area contributed by atoms with Crippen molar-refractivity contribution in [2.75, 3.05) is 0 Å². The van der Waals surface area contributed by atoms with E-state index < -0.39 is 0 Å². The van der Waals surface area contributed by atoms with Gasteiger partial charge in [0.2, 0.25) is 0 Å². The summed E-state index contributed by atoms with van der Waals surface area (Å²) in [6, 6.07) is 11.4. The van der Waals surface area contributed by atoms with E-state index in [1.54, 1.807) is 30.3 Å². The molecule has 0 spiro atoms. The lowest BCUT2D eigenvalue weighted by atomic mass is 10.2. The molecule has 1 amide bonds. The van der Waals surface area contributed by atoms with Crippen LogP contribution in [0.2, 0.25) is 10.0 Å². The van der Waals surface area contributed by atoms with Crippen LogP contribution >= 0.6 is 23.2 Å². The van der Waals surface area contributed by atoms with Crippen LogP contribution in [0.1, 0.15) is 15.9 Å². The summed E-state index contributed by atoms with van der Waals surface area (Å²) in [5.74, 6) is -0.153. The van der Waals surface area contributed by atoms with Crippen LogP contribution in [0.3, 0.4) is 0 Å². The number of hydrogen-bond donors (Lipinski definition) is 2. The van der Waals surface area contributed by atoms with Gasteiger partial charge in [0.1, 0.15) is 5.75 Å². The Labute approximate surface area is 120 Å². The van der Waals surface area contributed by atoms with Gasteiger partial charge < -0.3 is 10.4 Å². The third-order valence-corrected chi connectivity index (χ3v) is 2.99. The summed E-state index contributed by atoms with van der Waals surface area (Å²) in [4.78, 5) is 11.9. The maximum absolute atomic E-state index is 11.9. The lowest BCUT2D eigenvalue weighted by Crippen LogP contribution is -2.22. The number of nitrogens with one attached hydrogen (secondary N) is 1. The van der Waals surface area contributed by atoms with Gasteiger partial charge >= 0.3 is 0 Å². The van der Waals surface area contributed by atoms with Gasteiger partial charge in [-0.25, -0.2) is 0 Å². The Morgan fingerprint density at radius 1 is 1.11 bits per heavy atom. The van der Waals surface area contributed by atoms with Gasteiger partial charge in [-0.15, -0.1) is 0 Å². The summed E-state index contributed by atoms with van der Waals surface area (Å²) < 4.78 is 0. The van der Waals surface area contributed by atoms with Gasteiger partial charge in [-0.05, 0) is 24.3 Å². The van der Waals surface area contributed by atoms with Crippen molar-refractivity contribution in [2.24, 2.45) is 0 Å². The van der Waals surface area contributed by atoms with Crippen LogP contribution in [0.15, 0.2) is 42.5 Å². The van der Waals surface area contributed by atoms with Crippen molar-refractivity contribution < 1.29 is 9.90 Å². The molecule has 0 bridgehead atoms. The van der Waals surface area contributed by atoms with E-state index in [9.17, 15) is 9.90 Å². The monoisotopic (exact) mass is 295 g/mol. The van der Waals surface area contributed by atoms with Gasteiger partial charge in [-0.1, -0.05) is 41.4 Å². The molecule has 0 saturated heterocycles. The number of benzene rings is 2. The minimum atomic E-state index is -0.298. The van der Waals surface area contributed by atoms with Crippen LogP contribution in [0, 0.1) is 0 Å².